The Balaban J connectivity index is 2.11. The molecule has 0 aliphatic rings. The van der Waals surface area contributed by atoms with Crippen molar-refractivity contribution in [2.24, 2.45) is 0 Å². The quantitative estimate of drug-likeness (QED) is 0.658. The maximum atomic E-state index is 12.4. The molecule has 2 aromatic carbocycles. The lowest BCUT2D eigenvalue weighted by atomic mass is 10.2. The van der Waals surface area contributed by atoms with Crippen molar-refractivity contribution >= 4 is 60.8 Å². The summed E-state index contributed by atoms with van der Waals surface area (Å²) in [4.78, 5) is 12.4. The molecular weight excluding hydrogens is 444 g/mol. The summed E-state index contributed by atoms with van der Waals surface area (Å²) in [6, 6.07) is 11.0. The molecule has 2 rings (SSSR count). The van der Waals surface area contributed by atoms with E-state index in [4.69, 9.17) is 17.0 Å². The van der Waals surface area contributed by atoms with E-state index in [0.29, 0.717) is 11.3 Å². The van der Waals surface area contributed by atoms with Crippen molar-refractivity contribution in [1.29, 1.82) is 0 Å². The molecule has 0 unspecified atom stereocenters. The number of carbonyl (C=O) groups is 1. The van der Waals surface area contributed by atoms with Crippen LogP contribution in [0.4, 0.5) is 5.69 Å². The van der Waals surface area contributed by atoms with Crippen LogP contribution in [0, 0.1) is 6.92 Å². The SMILES string of the molecule is COc1ccc(Br)cc1C(=O)NC(=S)Nc1ccc(C)cc1Br. The molecule has 0 aliphatic heterocycles. The van der Waals surface area contributed by atoms with Gasteiger partial charge < -0.3 is 10.1 Å². The Morgan fingerprint density at radius 2 is 1.91 bits per heavy atom. The molecule has 0 saturated carbocycles. The molecule has 4 nitrogen and oxygen atoms in total. The Kier molecular flexibility index (Phi) is 6.15. The first kappa shape index (κ1) is 17.9. The molecule has 0 bridgehead atoms. The molecule has 0 aromatic heterocycles. The standard InChI is InChI=1S/C16H14Br2N2O2S/c1-9-3-5-13(12(18)7-9)19-16(23)20-15(21)11-8-10(17)4-6-14(11)22-2/h3-8H,1-2H3,(H2,19,20,21,23). The van der Waals surface area contributed by atoms with Crippen molar-refractivity contribution in [2.75, 3.05) is 12.4 Å². The van der Waals surface area contributed by atoms with E-state index in [0.717, 1.165) is 20.2 Å². The van der Waals surface area contributed by atoms with E-state index in [1.807, 2.05) is 25.1 Å². The predicted molar refractivity (Wildman–Crippen MR) is 103 cm³/mol. The second-order valence-electron chi connectivity index (χ2n) is 4.74. The van der Waals surface area contributed by atoms with Crippen molar-refractivity contribution < 1.29 is 9.53 Å². The Morgan fingerprint density at radius 3 is 2.57 bits per heavy atom. The highest BCUT2D eigenvalue weighted by Crippen LogP contribution is 2.24. The fourth-order valence-corrected chi connectivity index (χ4v) is 3.06. The van der Waals surface area contributed by atoms with Crippen LogP contribution >= 0.6 is 44.1 Å². The van der Waals surface area contributed by atoms with Crippen LogP contribution in [0.1, 0.15) is 15.9 Å². The molecule has 23 heavy (non-hydrogen) atoms. The number of halogens is 2. The lowest BCUT2D eigenvalue weighted by molar-refractivity contribution is 0.0974. The van der Waals surface area contributed by atoms with Crippen LogP contribution in [0.2, 0.25) is 0 Å². The number of ether oxygens (including phenoxy) is 1. The fourth-order valence-electron chi connectivity index (χ4n) is 1.90. The molecule has 0 aliphatic carbocycles. The van der Waals surface area contributed by atoms with Crippen molar-refractivity contribution in [2.45, 2.75) is 6.92 Å². The van der Waals surface area contributed by atoms with Crippen LogP contribution in [-0.2, 0) is 0 Å². The zero-order valence-electron chi connectivity index (χ0n) is 12.4. The van der Waals surface area contributed by atoms with Gasteiger partial charge in [0.15, 0.2) is 5.11 Å². The zero-order chi connectivity index (χ0) is 17.0. The van der Waals surface area contributed by atoms with E-state index in [9.17, 15) is 4.79 Å². The number of carbonyl (C=O) groups excluding carboxylic acids is 1. The molecule has 0 radical (unpaired) electrons. The van der Waals surface area contributed by atoms with Gasteiger partial charge in [0.05, 0.1) is 18.4 Å². The highest BCUT2D eigenvalue weighted by Gasteiger charge is 2.14. The molecule has 1 amide bonds. The van der Waals surface area contributed by atoms with Gasteiger partial charge in [-0.25, -0.2) is 0 Å². The molecule has 120 valence electrons. The monoisotopic (exact) mass is 456 g/mol. The van der Waals surface area contributed by atoms with Crippen molar-refractivity contribution in [3.05, 3.63) is 56.5 Å². The Labute approximate surface area is 156 Å². The van der Waals surface area contributed by atoms with Crippen LogP contribution < -0.4 is 15.4 Å². The molecule has 0 saturated heterocycles. The fraction of sp³-hybridized carbons (Fsp3) is 0.125. The first-order valence-electron chi connectivity index (χ1n) is 6.62. The number of amides is 1. The van der Waals surface area contributed by atoms with Gasteiger partial charge in [-0.05, 0) is 71.0 Å². The molecule has 2 N–H and O–H groups in total. The third-order valence-corrected chi connectivity index (χ3v) is 4.36. The molecular formula is C16H14Br2N2O2S. The van der Waals surface area contributed by atoms with Crippen LogP contribution in [0.5, 0.6) is 5.75 Å². The number of methoxy groups -OCH3 is 1. The summed E-state index contributed by atoms with van der Waals surface area (Å²) in [5, 5.41) is 5.85. The smallest absolute Gasteiger partial charge is 0.261 e. The van der Waals surface area contributed by atoms with Crippen molar-refractivity contribution in [3.8, 4) is 5.75 Å². The van der Waals surface area contributed by atoms with Gasteiger partial charge in [0, 0.05) is 8.95 Å². The van der Waals surface area contributed by atoms with E-state index < -0.39 is 0 Å². The van der Waals surface area contributed by atoms with Crippen LogP contribution in [0.15, 0.2) is 45.3 Å². The van der Waals surface area contributed by atoms with Gasteiger partial charge in [0.25, 0.3) is 5.91 Å². The maximum absolute atomic E-state index is 12.4. The Bertz CT molecular complexity index is 766. The van der Waals surface area contributed by atoms with E-state index in [1.54, 1.807) is 18.2 Å². The van der Waals surface area contributed by atoms with Crippen LogP contribution in [0.3, 0.4) is 0 Å². The summed E-state index contributed by atoms with van der Waals surface area (Å²) in [6.07, 6.45) is 0. The number of benzene rings is 2. The molecule has 0 atom stereocenters. The minimum Gasteiger partial charge on any atom is -0.496 e. The molecule has 0 fully saturated rings. The number of thiocarbonyl (C=S) groups is 1. The predicted octanol–water partition coefficient (Wildman–Crippen LogP) is 4.66. The number of anilines is 1. The third-order valence-electron chi connectivity index (χ3n) is 3.01. The van der Waals surface area contributed by atoms with Gasteiger partial charge in [0.1, 0.15) is 5.75 Å². The van der Waals surface area contributed by atoms with Crippen LogP contribution in [-0.4, -0.2) is 18.1 Å². The van der Waals surface area contributed by atoms with Crippen molar-refractivity contribution in [1.82, 2.24) is 5.32 Å². The highest BCUT2D eigenvalue weighted by atomic mass is 79.9. The summed E-state index contributed by atoms with van der Waals surface area (Å²) in [5.74, 6) is 0.133. The summed E-state index contributed by atoms with van der Waals surface area (Å²) < 4.78 is 6.85. The lowest BCUT2D eigenvalue weighted by Crippen LogP contribution is -2.34. The van der Waals surface area contributed by atoms with Gasteiger partial charge >= 0.3 is 0 Å². The van der Waals surface area contributed by atoms with Crippen LogP contribution in [0.25, 0.3) is 0 Å². The van der Waals surface area contributed by atoms with E-state index in [-0.39, 0.29) is 11.0 Å². The first-order chi connectivity index (χ1) is 10.9. The number of hydrogen-bond donors (Lipinski definition) is 2. The molecule has 2 aromatic rings. The Morgan fingerprint density at radius 1 is 1.17 bits per heavy atom. The average Bonchev–Trinajstić information content (AvgIpc) is 2.50. The Hall–Kier alpha value is -1.44. The summed E-state index contributed by atoms with van der Waals surface area (Å²) in [6.45, 7) is 1.99. The van der Waals surface area contributed by atoms with Gasteiger partial charge in [-0.15, -0.1) is 0 Å². The van der Waals surface area contributed by atoms with E-state index in [1.165, 1.54) is 7.11 Å². The minimum absolute atomic E-state index is 0.210. The van der Waals surface area contributed by atoms with E-state index >= 15 is 0 Å². The van der Waals surface area contributed by atoms with E-state index in [2.05, 4.69) is 42.5 Å². The summed E-state index contributed by atoms with van der Waals surface area (Å²) in [5.41, 5.74) is 2.30. The second-order valence-corrected chi connectivity index (χ2v) is 6.91. The highest BCUT2D eigenvalue weighted by molar-refractivity contribution is 9.10. The first-order valence-corrected chi connectivity index (χ1v) is 8.62. The van der Waals surface area contributed by atoms with Gasteiger partial charge in [-0.1, -0.05) is 22.0 Å². The molecule has 0 heterocycles. The second kappa shape index (κ2) is 7.90. The number of hydrogen-bond acceptors (Lipinski definition) is 3. The topological polar surface area (TPSA) is 50.4 Å². The maximum Gasteiger partial charge on any atom is 0.261 e. The number of rotatable bonds is 3. The average molecular weight is 458 g/mol. The number of aryl methyl sites for hydroxylation is 1. The lowest BCUT2D eigenvalue weighted by Gasteiger charge is -2.13. The van der Waals surface area contributed by atoms with Crippen molar-refractivity contribution in [3.63, 3.8) is 0 Å². The number of nitrogens with one attached hydrogen (secondary N) is 2. The molecule has 7 heteroatoms. The third kappa shape index (κ3) is 4.76. The largest absolute Gasteiger partial charge is 0.496 e. The normalized spacial score (nSPS) is 10.1. The summed E-state index contributed by atoms with van der Waals surface area (Å²) in [7, 11) is 1.51. The zero-order valence-corrected chi connectivity index (χ0v) is 16.4. The summed E-state index contributed by atoms with van der Waals surface area (Å²) >= 11 is 12.0. The van der Waals surface area contributed by atoms with Gasteiger partial charge in [0.2, 0.25) is 0 Å². The minimum atomic E-state index is -0.344. The van der Waals surface area contributed by atoms with Gasteiger partial charge in [-0.2, -0.15) is 0 Å². The molecule has 0 spiro atoms. The van der Waals surface area contributed by atoms with Gasteiger partial charge in [-0.3, -0.25) is 10.1 Å².